The summed E-state index contributed by atoms with van der Waals surface area (Å²) in [6.07, 6.45) is 3.70. The number of hydrogen-bond donors (Lipinski definition) is 1. The van der Waals surface area contributed by atoms with Crippen LogP contribution in [-0.2, 0) is 6.54 Å². The zero-order chi connectivity index (χ0) is 18.8. The number of hydrogen-bond acceptors (Lipinski definition) is 5. The van der Waals surface area contributed by atoms with Gasteiger partial charge in [0, 0.05) is 12.7 Å². The van der Waals surface area contributed by atoms with E-state index in [0.717, 1.165) is 34.9 Å². The molecule has 0 aliphatic heterocycles. The zero-order valence-corrected chi connectivity index (χ0v) is 16.4. The first kappa shape index (κ1) is 20.1. The van der Waals surface area contributed by atoms with E-state index in [4.69, 9.17) is 9.47 Å². The molecule has 0 bridgehead atoms. The maximum absolute atomic E-state index is 12.3. The standard InChI is InChI=1S/C20H26N2O3S/c1-4-6-11-25-17-9-7-15(12-18(17)24-3)13-22-20(23)16-8-10-19(21-14-16)26-5-2/h7-10,12,14H,4-6,11,13H2,1-3H3,(H,22,23). The average Bonchev–Trinajstić information content (AvgIpc) is 2.67. The molecule has 0 saturated carbocycles. The molecule has 0 aliphatic rings. The Hall–Kier alpha value is -2.21. The van der Waals surface area contributed by atoms with Crippen LogP contribution in [0.15, 0.2) is 41.6 Å². The Bertz CT molecular complexity index is 705. The molecule has 1 aromatic carbocycles. The van der Waals surface area contributed by atoms with Crippen LogP contribution in [0.4, 0.5) is 0 Å². The minimum atomic E-state index is -0.146. The second kappa shape index (κ2) is 10.7. The Kier molecular flexibility index (Phi) is 8.28. The number of nitrogens with one attached hydrogen (secondary N) is 1. The fourth-order valence-corrected chi connectivity index (χ4v) is 2.89. The number of pyridine rings is 1. The summed E-state index contributed by atoms with van der Waals surface area (Å²) in [7, 11) is 1.62. The maximum atomic E-state index is 12.3. The highest BCUT2D eigenvalue weighted by molar-refractivity contribution is 7.99. The Labute approximate surface area is 159 Å². The van der Waals surface area contributed by atoms with Gasteiger partial charge in [-0.25, -0.2) is 4.98 Å². The van der Waals surface area contributed by atoms with Crippen molar-refractivity contribution in [3.8, 4) is 11.5 Å². The first-order valence-corrected chi connectivity index (χ1v) is 9.83. The summed E-state index contributed by atoms with van der Waals surface area (Å²) >= 11 is 1.65. The Morgan fingerprint density at radius 3 is 2.69 bits per heavy atom. The van der Waals surface area contributed by atoms with Crippen LogP contribution in [0.2, 0.25) is 0 Å². The molecule has 0 saturated heterocycles. The largest absolute Gasteiger partial charge is 0.493 e. The Morgan fingerprint density at radius 2 is 2.04 bits per heavy atom. The van der Waals surface area contributed by atoms with Gasteiger partial charge in [0.15, 0.2) is 11.5 Å². The van der Waals surface area contributed by atoms with Crippen molar-refractivity contribution in [3.63, 3.8) is 0 Å². The fraction of sp³-hybridized carbons (Fsp3) is 0.400. The van der Waals surface area contributed by atoms with Crippen LogP contribution in [0, 0.1) is 0 Å². The van der Waals surface area contributed by atoms with Crippen molar-refractivity contribution in [1.82, 2.24) is 10.3 Å². The van der Waals surface area contributed by atoms with E-state index in [1.807, 2.05) is 24.3 Å². The quantitative estimate of drug-likeness (QED) is 0.496. The zero-order valence-electron chi connectivity index (χ0n) is 15.6. The third-order valence-electron chi connectivity index (χ3n) is 3.73. The minimum Gasteiger partial charge on any atom is -0.493 e. The van der Waals surface area contributed by atoms with Crippen molar-refractivity contribution in [2.75, 3.05) is 19.5 Å². The number of methoxy groups -OCH3 is 1. The maximum Gasteiger partial charge on any atom is 0.253 e. The summed E-state index contributed by atoms with van der Waals surface area (Å²) in [6.45, 7) is 5.28. The highest BCUT2D eigenvalue weighted by atomic mass is 32.2. The normalized spacial score (nSPS) is 10.4. The van der Waals surface area contributed by atoms with Crippen LogP contribution < -0.4 is 14.8 Å². The number of aromatic nitrogens is 1. The third-order valence-corrected chi connectivity index (χ3v) is 4.55. The summed E-state index contributed by atoms with van der Waals surface area (Å²) in [5.74, 6) is 2.21. The number of rotatable bonds is 10. The molecule has 0 atom stereocenters. The van der Waals surface area contributed by atoms with Gasteiger partial charge in [-0.15, -0.1) is 11.8 Å². The smallest absolute Gasteiger partial charge is 0.253 e. The van der Waals surface area contributed by atoms with Crippen molar-refractivity contribution >= 4 is 17.7 Å². The summed E-state index contributed by atoms with van der Waals surface area (Å²) in [5.41, 5.74) is 1.50. The van der Waals surface area contributed by atoms with E-state index >= 15 is 0 Å². The molecule has 0 radical (unpaired) electrons. The van der Waals surface area contributed by atoms with Crippen LogP contribution in [0.5, 0.6) is 11.5 Å². The molecule has 1 amide bonds. The van der Waals surface area contributed by atoms with Gasteiger partial charge in [-0.2, -0.15) is 0 Å². The number of ether oxygens (including phenoxy) is 2. The number of carbonyl (C=O) groups excluding carboxylic acids is 1. The Balaban J connectivity index is 1.94. The van der Waals surface area contributed by atoms with Gasteiger partial charge >= 0.3 is 0 Å². The van der Waals surface area contributed by atoms with Crippen molar-refractivity contribution in [3.05, 3.63) is 47.7 Å². The van der Waals surface area contributed by atoms with Crippen LogP contribution in [-0.4, -0.2) is 30.4 Å². The van der Waals surface area contributed by atoms with Crippen LogP contribution in [0.25, 0.3) is 0 Å². The first-order chi connectivity index (χ1) is 12.7. The molecule has 140 valence electrons. The number of thioether (sulfide) groups is 1. The van der Waals surface area contributed by atoms with Crippen molar-refractivity contribution < 1.29 is 14.3 Å². The van der Waals surface area contributed by atoms with Gasteiger partial charge in [-0.3, -0.25) is 4.79 Å². The average molecular weight is 375 g/mol. The minimum absolute atomic E-state index is 0.146. The molecule has 26 heavy (non-hydrogen) atoms. The molecule has 0 spiro atoms. The second-order valence-electron chi connectivity index (χ2n) is 5.69. The highest BCUT2D eigenvalue weighted by Gasteiger charge is 2.09. The van der Waals surface area contributed by atoms with Gasteiger partial charge in [0.2, 0.25) is 0 Å². The van der Waals surface area contributed by atoms with E-state index in [1.165, 1.54) is 0 Å². The summed E-state index contributed by atoms with van der Waals surface area (Å²) in [4.78, 5) is 16.6. The second-order valence-corrected chi connectivity index (χ2v) is 6.97. The summed E-state index contributed by atoms with van der Waals surface area (Å²) in [5, 5.41) is 3.83. The predicted octanol–water partition coefficient (Wildman–Crippen LogP) is 4.31. The van der Waals surface area contributed by atoms with Crippen LogP contribution >= 0.6 is 11.8 Å². The SMILES string of the molecule is CCCCOc1ccc(CNC(=O)c2ccc(SCC)nc2)cc1OC. The number of benzene rings is 1. The van der Waals surface area contributed by atoms with Gasteiger partial charge in [-0.1, -0.05) is 26.3 Å². The monoisotopic (exact) mass is 374 g/mol. The van der Waals surface area contributed by atoms with E-state index in [2.05, 4.69) is 24.1 Å². The first-order valence-electron chi connectivity index (χ1n) is 8.84. The molecule has 1 heterocycles. The van der Waals surface area contributed by atoms with Gasteiger partial charge in [-0.05, 0) is 42.0 Å². The van der Waals surface area contributed by atoms with Gasteiger partial charge in [0.25, 0.3) is 5.91 Å². The van der Waals surface area contributed by atoms with E-state index in [1.54, 1.807) is 31.1 Å². The fourth-order valence-electron chi connectivity index (χ4n) is 2.30. The van der Waals surface area contributed by atoms with Gasteiger partial charge in [0.1, 0.15) is 0 Å². The van der Waals surface area contributed by atoms with E-state index in [0.29, 0.717) is 24.5 Å². The summed E-state index contributed by atoms with van der Waals surface area (Å²) in [6, 6.07) is 9.37. The molecular weight excluding hydrogens is 348 g/mol. The van der Waals surface area contributed by atoms with Crippen LogP contribution in [0.3, 0.4) is 0 Å². The highest BCUT2D eigenvalue weighted by Crippen LogP contribution is 2.28. The van der Waals surface area contributed by atoms with Crippen LogP contribution in [0.1, 0.15) is 42.6 Å². The van der Waals surface area contributed by atoms with E-state index < -0.39 is 0 Å². The van der Waals surface area contributed by atoms with Crippen molar-refractivity contribution in [2.24, 2.45) is 0 Å². The summed E-state index contributed by atoms with van der Waals surface area (Å²) < 4.78 is 11.1. The number of carbonyl (C=O) groups is 1. The Morgan fingerprint density at radius 1 is 1.19 bits per heavy atom. The predicted molar refractivity (Wildman–Crippen MR) is 105 cm³/mol. The molecule has 1 aromatic heterocycles. The van der Waals surface area contributed by atoms with Gasteiger partial charge < -0.3 is 14.8 Å². The van der Waals surface area contributed by atoms with Crippen molar-refractivity contribution in [1.29, 1.82) is 0 Å². The topological polar surface area (TPSA) is 60.5 Å². The van der Waals surface area contributed by atoms with Crippen molar-refractivity contribution in [2.45, 2.75) is 38.3 Å². The molecule has 1 N–H and O–H groups in total. The lowest BCUT2D eigenvalue weighted by Gasteiger charge is -2.12. The molecular formula is C20H26N2O3S. The molecule has 5 nitrogen and oxygen atoms in total. The number of amides is 1. The molecule has 0 fully saturated rings. The lowest BCUT2D eigenvalue weighted by atomic mass is 10.2. The molecule has 0 unspecified atom stereocenters. The molecule has 6 heteroatoms. The van der Waals surface area contributed by atoms with E-state index in [-0.39, 0.29) is 5.91 Å². The van der Waals surface area contributed by atoms with Gasteiger partial charge in [0.05, 0.1) is 24.3 Å². The lowest BCUT2D eigenvalue weighted by molar-refractivity contribution is 0.0950. The number of nitrogens with zero attached hydrogens (tertiary/aromatic N) is 1. The molecule has 2 aromatic rings. The molecule has 2 rings (SSSR count). The number of unbranched alkanes of at least 4 members (excludes halogenated alkanes) is 1. The van der Waals surface area contributed by atoms with E-state index in [9.17, 15) is 4.79 Å². The lowest BCUT2D eigenvalue weighted by Crippen LogP contribution is -2.22. The third kappa shape index (κ3) is 5.95. The molecule has 0 aliphatic carbocycles.